The maximum Gasteiger partial charge on any atom is 0.0235 e. The van der Waals surface area contributed by atoms with Crippen molar-refractivity contribution in [2.75, 3.05) is 46.8 Å². The van der Waals surface area contributed by atoms with E-state index in [9.17, 15) is 0 Å². The molecule has 2 unspecified atom stereocenters. The van der Waals surface area contributed by atoms with Crippen LogP contribution < -0.4 is 5.32 Å². The molecule has 2 saturated heterocycles. The summed E-state index contributed by atoms with van der Waals surface area (Å²) in [5.41, 5.74) is 0. The Morgan fingerprint density at radius 3 is 2.73 bits per heavy atom. The summed E-state index contributed by atoms with van der Waals surface area (Å²) in [5, 5.41) is 3.32. The Hall–Kier alpha value is -0.120. The van der Waals surface area contributed by atoms with Crippen LogP contribution in [0.1, 0.15) is 19.3 Å². The van der Waals surface area contributed by atoms with Gasteiger partial charge < -0.3 is 10.2 Å². The van der Waals surface area contributed by atoms with Crippen LogP contribution in [0.25, 0.3) is 0 Å². The summed E-state index contributed by atoms with van der Waals surface area (Å²) in [6.45, 7) is 6.42. The maximum absolute atomic E-state index is 3.32. The van der Waals surface area contributed by atoms with E-state index in [2.05, 4.69) is 29.2 Å². The molecule has 0 aromatic carbocycles. The normalized spacial score (nSPS) is 34.8. The van der Waals surface area contributed by atoms with Gasteiger partial charge in [0.2, 0.25) is 0 Å². The van der Waals surface area contributed by atoms with Crippen molar-refractivity contribution in [2.24, 2.45) is 5.92 Å². The SMILES string of the molecule is CNCC1CCCN(C2CCN(C)C2)C1. The highest BCUT2D eigenvalue weighted by Gasteiger charge is 2.29. The number of rotatable bonds is 3. The average Bonchev–Trinajstić information content (AvgIpc) is 2.66. The zero-order valence-electron chi connectivity index (χ0n) is 10.2. The third-order valence-corrected chi connectivity index (χ3v) is 3.93. The maximum atomic E-state index is 3.32. The third-order valence-electron chi connectivity index (χ3n) is 3.93. The molecule has 2 rings (SSSR count). The number of hydrogen-bond donors (Lipinski definition) is 1. The number of piperidine rings is 1. The lowest BCUT2D eigenvalue weighted by atomic mass is 9.96. The first-order chi connectivity index (χ1) is 7.29. The van der Waals surface area contributed by atoms with Gasteiger partial charge in [-0.1, -0.05) is 0 Å². The van der Waals surface area contributed by atoms with Gasteiger partial charge in [0.05, 0.1) is 0 Å². The summed E-state index contributed by atoms with van der Waals surface area (Å²) in [4.78, 5) is 5.20. The van der Waals surface area contributed by atoms with Gasteiger partial charge in [-0.05, 0) is 58.9 Å². The molecule has 0 bridgehead atoms. The first kappa shape index (κ1) is 11.4. The van der Waals surface area contributed by atoms with E-state index in [4.69, 9.17) is 0 Å². The van der Waals surface area contributed by atoms with Crippen LogP contribution in [0, 0.1) is 5.92 Å². The van der Waals surface area contributed by atoms with Crippen LogP contribution in [0.2, 0.25) is 0 Å². The van der Waals surface area contributed by atoms with Crippen molar-refractivity contribution in [2.45, 2.75) is 25.3 Å². The molecule has 0 saturated carbocycles. The van der Waals surface area contributed by atoms with E-state index < -0.39 is 0 Å². The monoisotopic (exact) mass is 211 g/mol. The van der Waals surface area contributed by atoms with Crippen LogP contribution >= 0.6 is 0 Å². The lowest BCUT2D eigenvalue weighted by molar-refractivity contribution is 0.126. The summed E-state index contributed by atoms with van der Waals surface area (Å²) >= 11 is 0. The van der Waals surface area contributed by atoms with Crippen LogP contribution in [0.3, 0.4) is 0 Å². The van der Waals surface area contributed by atoms with E-state index >= 15 is 0 Å². The quantitative estimate of drug-likeness (QED) is 0.738. The molecule has 88 valence electrons. The topological polar surface area (TPSA) is 18.5 Å². The van der Waals surface area contributed by atoms with Gasteiger partial charge in [-0.2, -0.15) is 0 Å². The highest BCUT2D eigenvalue weighted by Crippen LogP contribution is 2.22. The van der Waals surface area contributed by atoms with E-state index in [1.165, 1.54) is 52.0 Å². The van der Waals surface area contributed by atoms with E-state index in [-0.39, 0.29) is 0 Å². The van der Waals surface area contributed by atoms with Crippen molar-refractivity contribution >= 4 is 0 Å². The molecule has 2 aliphatic rings. The molecule has 2 heterocycles. The predicted molar refractivity (Wildman–Crippen MR) is 64.1 cm³/mol. The van der Waals surface area contributed by atoms with Crippen molar-refractivity contribution in [1.82, 2.24) is 15.1 Å². The van der Waals surface area contributed by atoms with Crippen LogP contribution in [-0.2, 0) is 0 Å². The first-order valence-corrected chi connectivity index (χ1v) is 6.37. The molecule has 0 amide bonds. The summed E-state index contributed by atoms with van der Waals surface area (Å²) in [6, 6.07) is 0.842. The molecule has 3 nitrogen and oxygen atoms in total. The minimum Gasteiger partial charge on any atom is -0.319 e. The molecule has 2 aliphatic heterocycles. The second-order valence-electron chi connectivity index (χ2n) is 5.27. The van der Waals surface area contributed by atoms with E-state index in [0.29, 0.717) is 0 Å². The fourth-order valence-corrected chi connectivity index (χ4v) is 3.09. The second kappa shape index (κ2) is 5.28. The molecule has 2 fully saturated rings. The molecule has 0 aromatic heterocycles. The lowest BCUT2D eigenvalue weighted by Crippen LogP contribution is -2.45. The van der Waals surface area contributed by atoms with Gasteiger partial charge in [-0.15, -0.1) is 0 Å². The summed E-state index contributed by atoms with van der Waals surface area (Å²) in [6.07, 6.45) is 4.19. The molecule has 0 aromatic rings. The highest BCUT2D eigenvalue weighted by molar-refractivity contribution is 4.85. The number of likely N-dealkylation sites (tertiary alicyclic amines) is 2. The zero-order chi connectivity index (χ0) is 10.7. The van der Waals surface area contributed by atoms with Crippen LogP contribution in [0.4, 0.5) is 0 Å². The lowest BCUT2D eigenvalue weighted by Gasteiger charge is -2.36. The number of nitrogens with one attached hydrogen (secondary N) is 1. The van der Waals surface area contributed by atoms with Crippen molar-refractivity contribution in [3.63, 3.8) is 0 Å². The van der Waals surface area contributed by atoms with Gasteiger partial charge >= 0.3 is 0 Å². The van der Waals surface area contributed by atoms with Crippen molar-refractivity contribution in [3.8, 4) is 0 Å². The molecule has 15 heavy (non-hydrogen) atoms. The van der Waals surface area contributed by atoms with Gasteiger partial charge in [0.15, 0.2) is 0 Å². The Bertz CT molecular complexity index is 193. The second-order valence-corrected chi connectivity index (χ2v) is 5.27. The van der Waals surface area contributed by atoms with E-state index in [1.807, 2.05) is 0 Å². The minimum absolute atomic E-state index is 0.842. The fourth-order valence-electron chi connectivity index (χ4n) is 3.09. The Morgan fingerprint density at radius 2 is 2.07 bits per heavy atom. The smallest absolute Gasteiger partial charge is 0.0235 e. The molecular formula is C12H25N3. The Balaban J connectivity index is 1.81. The average molecular weight is 211 g/mol. The third kappa shape index (κ3) is 2.92. The minimum atomic E-state index is 0.842. The molecule has 0 radical (unpaired) electrons. The summed E-state index contributed by atoms with van der Waals surface area (Å²) in [7, 11) is 4.32. The van der Waals surface area contributed by atoms with Gasteiger partial charge in [-0.25, -0.2) is 0 Å². The molecule has 2 atom stereocenters. The van der Waals surface area contributed by atoms with E-state index in [0.717, 1.165) is 12.0 Å². The number of nitrogens with zero attached hydrogens (tertiary/aromatic N) is 2. The molecular weight excluding hydrogens is 186 g/mol. The fraction of sp³-hybridized carbons (Fsp3) is 1.00. The van der Waals surface area contributed by atoms with Crippen LogP contribution in [0.5, 0.6) is 0 Å². The van der Waals surface area contributed by atoms with Crippen molar-refractivity contribution < 1.29 is 0 Å². The number of likely N-dealkylation sites (N-methyl/N-ethyl adjacent to an activating group) is 1. The summed E-state index contributed by atoms with van der Waals surface area (Å²) in [5.74, 6) is 0.884. The van der Waals surface area contributed by atoms with Crippen LogP contribution in [-0.4, -0.2) is 62.7 Å². The number of hydrogen-bond acceptors (Lipinski definition) is 3. The van der Waals surface area contributed by atoms with Gasteiger partial charge in [0, 0.05) is 19.1 Å². The molecule has 1 N–H and O–H groups in total. The standard InChI is InChI=1S/C12H25N3/c1-13-8-11-4-3-6-15(9-11)12-5-7-14(2)10-12/h11-13H,3-10H2,1-2H3. The molecule has 0 spiro atoms. The highest BCUT2D eigenvalue weighted by atomic mass is 15.2. The zero-order valence-corrected chi connectivity index (χ0v) is 10.2. The van der Waals surface area contributed by atoms with Crippen molar-refractivity contribution in [1.29, 1.82) is 0 Å². The van der Waals surface area contributed by atoms with Gasteiger partial charge in [-0.3, -0.25) is 4.90 Å². The van der Waals surface area contributed by atoms with Crippen LogP contribution in [0.15, 0.2) is 0 Å². The molecule has 0 aliphatic carbocycles. The van der Waals surface area contributed by atoms with Gasteiger partial charge in [0.25, 0.3) is 0 Å². The van der Waals surface area contributed by atoms with Gasteiger partial charge in [0.1, 0.15) is 0 Å². The largest absolute Gasteiger partial charge is 0.319 e. The Morgan fingerprint density at radius 1 is 1.20 bits per heavy atom. The Kier molecular flexibility index (Phi) is 4.00. The predicted octanol–water partition coefficient (Wildman–Crippen LogP) is 0.622. The Labute approximate surface area is 93.8 Å². The van der Waals surface area contributed by atoms with E-state index in [1.54, 1.807) is 0 Å². The molecule has 3 heteroatoms. The first-order valence-electron chi connectivity index (χ1n) is 6.37. The van der Waals surface area contributed by atoms with Crippen molar-refractivity contribution in [3.05, 3.63) is 0 Å². The summed E-state index contributed by atoms with van der Waals surface area (Å²) < 4.78 is 0.